The second-order valence-electron chi connectivity index (χ2n) is 7.53. The van der Waals surface area contributed by atoms with Gasteiger partial charge in [0.15, 0.2) is 13.1 Å². The van der Waals surface area contributed by atoms with Crippen LogP contribution in [0.25, 0.3) is 0 Å². The number of anilines is 3. The standard InChI is InChI=1S/C23H30N4O3/c1-3-26(17-23(29)25-19-7-6-8-21(15-19)30-2)16-22(28)24-18-9-11-20(12-10-18)27-13-4-5-14-27/h6-12,15H,3-5,13-14,16-17H2,1-2H3,(H,24,28)(H,25,29)/p+1. The van der Waals surface area contributed by atoms with E-state index in [1.807, 2.05) is 49.4 Å². The lowest BCUT2D eigenvalue weighted by Crippen LogP contribution is -3.13. The maximum Gasteiger partial charge on any atom is 0.279 e. The SMILES string of the molecule is CC[NH+](CC(=O)Nc1ccc(N2CCCC2)cc1)CC(=O)Nc1cccc(OC)c1. The first-order chi connectivity index (χ1) is 14.6. The average molecular weight is 412 g/mol. The Morgan fingerprint density at radius 1 is 0.967 bits per heavy atom. The van der Waals surface area contributed by atoms with Crippen molar-refractivity contribution < 1.29 is 19.2 Å². The molecule has 1 unspecified atom stereocenters. The lowest BCUT2D eigenvalue weighted by Gasteiger charge is -2.19. The highest BCUT2D eigenvalue weighted by Gasteiger charge is 2.17. The van der Waals surface area contributed by atoms with E-state index >= 15 is 0 Å². The number of benzene rings is 2. The molecule has 2 amide bonds. The molecule has 0 aromatic heterocycles. The van der Waals surface area contributed by atoms with E-state index < -0.39 is 0 Å². The van der Waals surface area contributed by atoms with Gasteiger partial charge in [-0.15, -0.1) is 0 Å². The van der Waals surface area contributed by atoms with E-state index in [1.54, 1.807) is 13.2 Å². The third kappa shape index (κ3) is 6.22. The summed E-state index contributed by atoms with van der Waals surface area (Å²) in [5.41, 5.74) is 2.65. The van der Waals surface area contributed by atoms with Crippen LogP contribution in [0.1, 0.15) is 19.8 Å². The van der Waals surface area contributed by atoms with Gasteiger partial charge in [0.2, 0.25) is 0 Å². The Labute approximate surface area is 178 Å². The van der Waals surface area contributed by atoms with E-state index in [0.717, 1.165) is 23.7 Å². The predicted molar refractivity (Wildman–Crippen MR) is 119 cm³/mol. The van der Waals surface area contributed by atoms with Crippen LogP contribution in [0.2, 0.25) is 0 Å². The number of rotatable bonds is 9. The quantitative estimate of drug-likeness (QED) is 0.588. The van der Waals surface area contributed by atoms with E-state index in [4.69, 9.17) is 4.74 Å². The normalized spacial score (nSPS) is 14.3. The monoisotopic (exact) mass is 411 g/mol. The molecule has 7 nitrogen and oxygen atoms in total. The predicted octanol–water partition coefficient (Wildman–Crippen LogP) is 1.78. The Hall–Kier alpha value is -3.06. The van der Waals surface area contributed by atoms with Crippen LogP contribution >= 0.6 is 0 Å². The molecular formula is C23H31N4O3+. The summed E-state index contributed by atoms with van der Waals surface area (Å²) in [5, 5.41) is 5.80. The number of hydrogen-bond donors (Lipinski definition) is 3. The summed E-state index contributed by atoms with van der Waals surface area (Å²) in [6, 6.07) is 15.2. The highest BCUT2D eigenvalue weighted by Crippen LogP contribution is 2.22. The Kier molecular flexibility index (Phi) is 7.68. The van der Waals surface area contributed by atoms with Gasteiger partial charge in [0.1, 0.15) is 5.75 Å². The highest BCUT2D eigenvalue weighted by molar-refractivity contribution is 5.93. The fourth-order valence-electron chi connectivity index (χ4n) is 3.61. The first-order valence-corrected chi connectivity index (χ1v) is 10.5. The van der Waals surface area contributed by atoms with Crippen molar-refractivity contribution in [2.45, 2.75) is 19.8 Å². The fraction of sp³-hybridized carbons (Fsp3) is 0.391. The number of amides is 2. The summed E-state index contributed by atoms with van der Waals surface area (Å²) in [6.45, 7) is 5.28. The number of hydrogen-bond acceptors (Lipinski definition) is 4. The van der Waals surface area contributed by atoms with Gasteiger partial charge < -0.3 is 25.2 Å². The van der Waals surface area contributed by atoms with E-state index in [1.165, 1.54) is 18.5 Å². The second-order valence-corrected chi connectivity index (χ2v) is 7.53. The van der Waals surface area contributed by atoms with E-state index in [9.17, 15) is 9.59 Å². The van der Waals surface area contributed by atoms with Crippen LogP contribution in [-0.2, 0) is 9.59 Å². The van der Waals surface area contributed by atoms with Crippen molar-refractivity contribution in [1.82, 2.24) is 0 Å². The molecule has 3 rings (SSSR count). The summed E-state index contributed by atoms with van der Waals surface area (Å²) in [6.07, 6.45) is 2.47. The Bertz CT molecular complexity index is 848. The molecule has 7 heteroatoms. The van der Waals surface area contributed by atoms with Crippen LogP contribution in [0.5, 0.6) is 5.75 Å². The van der Waals surface area contributed by atoms with Gasteiger partial charge in [-0.2, -0.15) is 0 Å². The van der Waals surface area contributed by atoms with Crippen molar-refractivity contribution in [2.24, 2.45) is 0 Å². The minimum Gasteiger partial charge on any atom is -0.497 e. The molecule has 2 aromatic carbocycles. The molecule has 0 radical (unpaired) electrons. The number of methoxy groups -OCH3 is 1. The summed E-state index contributed by atoms with van der Waals surface area (Å²) in [5.74, 6) is 0.445. The molecular weight excluding hydrogens is 380 g/mol. The number of carbonyl (C=O) groups is 2. The molecule has 30 heavy (non-hydrogen) atoms. The largest absolute Gasteiger partial charge is 0.497 e. The maximum absolute atomic E-state index is 12.5. The number of nitrogens with one attached hydrogen (secondary N) is 3. The molecule has 2 aromatic rings. The molecule has 0 bridgehead atoms. The smallest absolute Gasteiger partial charge is 0.279 e. The van der Waals surface area contributed by atoms with Gasteiger partial charge in [-0.25, -0.2) is 0 Å². The van der Waals surface area contributed by atoms with Gasteiger partial charge in [0.05, 0.1) is 13.7 Å². The van der Waals surface area contributed by atoms with Gasteiger partial charge >= 0.3 is 0 Å². The zero-order valence-corrected chi connectivity index (χ0v) is 17.7. The van der Waals surface area contributed by atoms with Crippen LogP contribution in [0, 0.1) is 0 Å². The molecule has 0 aliphatic carbocycles. The van der Waals surface area contributed by atoms with Crippen molar-refractivity contribution in [3.8, 4) is 5.75 Å². The zero-order valence-electron chi connectivity index (χ0n) is 17.7. The molecule has 0 saturated carbocycles. The van der Waals surface area contributed by atoms with E-state index in [-0.39, 0.29) is 24.9 Å². The molecule has 1 atom stereocenters. The van der Waals surface area contributed by atoms with Crippen LogP contribution in [0.3, 0.4) is 0 Å². The zero-order chi connectivity index (χ0) is 21.3. The van der Waals surface area contributed by atoms with Gasteiger partial charge in [-0.3, -0.25) is 9.59 Å². The van der Waals surface area contributed by atoms with Crippen LogP contribution in [-0.4, -0.2) is 51.6 Å². The molecule has 3 N–H and O–H groups in total. The number of quaternary nitrogens is 1. The van der Waals surface area contributed by atoms with Gasteiger partial charge in [0, 0.05) is 36.2 Å². The Balaban J connectivity index is 1.48. The number of likely N-dealkylation sites (N-methyl/N-ethyl adjacent to an activating group) is 1. The Morgan fingerprint density at radius 3 is 2.20 bits per heavy atom. The highest BCUT2D eigenvalue weighted by atomic mass is 16.5. The van der Waals surface area contributed by atoms with Gasteiger partial charge in [-0.1, -0.05) is 6.07 Å². The van der Waals surface area contributed by atoms with Gasteiger partial charge in [0.25, 0.3) is 11.8 Å². The number of ether oxygens (including phenoxy) is 1. The molecule has 160 valence electrons. The van der Waals surface area contributed by atoms with Crippen molar-refractivity contribution in [3.05, 3.63) is 48.5 Å². The molecule has 1 aliphatic heterocycles. The molecule has 0 spiro atoms. The van der Waals surface area contributed by atoms with E-state index in [2.05, 4.69) is 15.5 Å². The van der Waals surface area contributed by atoms with Crippen LogP contribution in [0.15, 0.2) is 48.5 Å². The first kappa shape index (κ1) is 21.6. The lowest BCUT2D eigenvalue weighted by atomic mass is 10.2. The van der Waals surface area contributed by atoms with Gasteiger partial charge in [-0.05, 0) is 56.2 Å². The summed E-state index contributed by atoms with van der Waals surface area (Å²) in [4.78, 5) is 28.1. The van der Waals surface area contributed by atoms with Crippen molar-refractivity contribution in [2.75, 3.05) is 55.4 Å². The van der Waals surface area contributed by atoms with Crippen LogP contribution in [0.4, 0.5) is 17.1 Å². The Morgan fingerprint density at radius 2 is 1.60 bits per heavy atom. The van der Waals surface area contributed by atoms with Crippen molar-refractivity contribution in [3.63, 3.8) is 0 Å². The minimum absolute atomic E-state index is 0.102. The number of carbonyl (C=O) groups excluding carboxylic acids is 2. The maximum atomic E-state index is 12.5. The summed E-state index contributed by atoms with van der Waals surface area (Å²) >= 11 is 0. The minimum atomic E-state index is -0.136. The summed E-state index contributed by atoms with van der Waals surface area (Å²) < 4.78 is 5.17. The summed E-state index contributed by atoms with van der Waals surface area (Å²) in [7, 11) is 1.59. The van der Waals surface area contributed by atoms with Crippen molar-refractivity contribution in [1.29, 1.82) is 0 Å². The van der Waals surface area contributed by atoms with Crippen molar-refractivity contribution >= 4 is 28.9 Å². The second kappa shape index (κ2) is 10.6. The first-order valence-electron chi connectivity index (χ1n) is 10.5. The molecule has 1 aliphatic rings. The lowest BCUT2D eigenvalue weighted by molar-refractivity contribution is -0.881. The van der Waals surface area contributed by atoms with E-state index in [0.29, 0.717) is 18.0 Å². The molecule has 1 saturated heterocycles. The average Bonchev–Trinajstić information content (AvgIpc) is 3.28. The number of nitrogens with zero attached hydrogens (tertiary/aromatic N) is 1. The molecule has 1 fully saturated rings. The third-order valence-corrected chi connectivity index (χ3v) is 5.30. The molecule has 1 heterocycles. The third-order valence-electron chi connectivity index (χ3n) is 5.30. The van der Waals surface area contributed by atoms with Crippen LogP contribution < -0.4 is 25.2 Å². The topological polar surface area (TPSA) is 75.1 Å². The fourth-order valence-corrected chi connectivity index (χ4v) is 3.61.